The monoisotopic (exact) mass is 425 g/mol. The van der Waals surface area contributed by atoms with Crippen molar-refractivity contribution in [2.75, 3.05) is 0 Å². The summed E-state index contributed by atoms with van der Waals surface area (Å²) in [7, 11) is 0. The molecule has 0 unspecified atom stereocenters. The summed E-state index contributed by atoms with van der Waals surface area (Å²) in [6, 6.07) is 0. The van der Waals surface area contributed by atoms with Crippen LogP contribution in [-0.4, -0.2) is 27.3 Å². The molecule has 168 valence electrons. The number of carboxylic acid groups (broad SMARTS) is 1. The fraction of sp³-hybridized carbons (Fsp3) is 0.692. The summed E-state index contributed by atoms with van der Waals surface area (Å²) in [5, 5.41) is 20.0. The van der Waals surface area contributed by atoms with E-state index in [4.69, 9.17) is 4.42 Å². The molecule has 31 heavy (non-hydrogen) atoms. The molecule has 1 aromatic heterocycles. The van der Waals surface area contributed by atoms with Gasteiger partial charge in [0, 0.05) is 5.57 Å². The quantitative estimate of drug-likeness (QED) is 0.625. The Labute approximate surface area is 184 Å². The largest absolute Gasteiger partial charge is 0.481 e. The van der Waals surface area contributed by atoms with Gasteiger partial charge < -0.3 is 14.6 Å². The zero-order valence-electron chi connectivity index (χ0n) is 18.9. The molecule has 0 bridgehead atoms. The summed E-state index contributed by atoms with van der Waals surface area (Å²) in [6.07, 6.45) is 12.5. The Hall–Kier alpha value is -1.88. The van der Waals surface area contributed by atoms with Gasteiger partial charge in [-0.3, -0.25) is 4.79 Å². The molecule has 0 radical (unpaired) electrons. The second-order valence-electron chi connectivity index (χ2n) is 10.9. The second-order valence-corrected chi connectivity index (χ2v) is 10.9. The highest BCUT2D eigenvalue weighted by molar-refractivity contribution is 5.80. The van der Waals surface area contributed by atoms with E-state index in [1.54, 1.807) is 6.20 Å². The topological polar surface area (TPSA) is 83.6 Å². The van der Waals surface area contributed by atoms with Crippen LogP contribution in [0.3, 0.4) is 0 Å². The Morgan fingerprint density at radius 3 is 2.65 bits per heavy atom. The van der Waals surface area contributed by atoms with Gasteiger partial charge in [0.25, 0.3) is 0 Å². The van der Waals surface area contributed by atoms with Crippen LogP contribution in [0.15, 0.2) is 34.2 Å². The van der Waals surface area contributed by atoms with E-state index in [1.807, 2.05) is 0 Å². The maximum atomic E-state index is 11.7. The van der Waals surface area contributed by atoms with E-state index in [0.29, 0.717) is 23.7 Å². The second kappa shape index (κ2) is 7.33. The van der Waals surface area contributed by atoms with E-state index in [9.17, 15) is 15.0 Å². The molecule has 5 rings (SSSR count). The number of fused-ring (bicyclic) bond motifs is 5. The predicted molar refractivity (Wildman–Crippen MR) is 118 cm³/mol. The minimum atomic E-state index is -0.767. The van der Waals surface area contributed by atoms with Crippen molar-refractivity contribution >= 4 is 11.5 Å². The maximum Gasteiger partial charge on any atom is 0.307 e. The van der Waals surface area contributed by atoms with E-state index in [-0.39, 0.29) is 23.4 Å². The Kier molecular flexibility index (Phi) is 4.96. The van der Waals surface area contributed by atoms with Gasteiger partial charge in [0.05, 0.1) is 18.7 Å². The summed E-state index contributed by atoms with van der Waals surface area (Å²) < 4.78 is 5.75. The number of aromatic nitrogens is 1. The number of aliphatic hydroxyl groups is 1. The summed E-state index contributed by atoms with van der Waals surface area (Å²) in [5.41, 5.74) is 3.72. The molecular formula is C26H35NO4. The van der Waals surface area contributed by atoms with Crippen molar-refractivity contribution in [3.8, 4) is 0 Å². The van der Waals surface area contributed by atoms with E-state index in [1.165, 1.54) is 12.0 Å². The molecular weight excluding hydrogens is 390 g/mol. The molecule has 7 atom stereocenters. The molecule has 0 aliphatic heterocycles. The van der Waals surface area contributed by atoms with Crippen LogP contribution in [0.2, 0.25) is 0 Å². The van der Waals surface area contributed by atoms with Gasteiger partial charge in [0.2, 0.25) is 0 Å². The molecule has 5 nitrogen and oxygen atoms in total. The van der Waals surface area contributed by atoms with Crippen LogP contribution in [0.25, 0.3) is 5.57 Å². The van der Waals surface area contributed by atoms with Crippen LogP contribution in [-0.2, 0) is 4.79 Å². The van der Waals surface area contributed by atoms with Crippen molar-refractivity contribution in [2.45, 2.75) is 78.2 Å². The van der Waals surface area contributed by atoms with E-state index >= 15 is 0 Å². The van der Waals surface area contributed by atoms with Crippen LogP contribution in [0.4, 0.5) is 0 Å². The molecule has 0 aromatic carbocycles. The van der Waals surface area contributed by atoms with E-state index in [0.717, 1.165) is 61.9 Å². The lowest BCUT2D eigenvalue weighted by Crippen LogP contribution is -2.52. The number of rotatable bonds is 4. The van der Waals surface area contributed by atoms with Gasteiger partial charge >= 0.3 is 5.97 Å². The Morgan fingerprint density at radius 1 is 1.19 bits per heavy atom. The highest BCUT2D eigenvalue weighted by Crippen LogP contribution is 2.69. The molecule has 4 aliphatic carbocycles. The Bertz CT molecular complexity index is 931. The first kappa shape index (κ1) is 21.0. The molecule has 2 saturated carbocycles. The number of hydrogen-bond acceptors (Lipinski definition) is 4. The lowest BCUT2D eigenvalue weighted by molar-refractivity contribution is -0.136. The molecule has 5 heteroatoms. The van der Waals surface area contributed by atoms with Gasteiger partial charge in [0.1, 0.15) is 0 Å². The van der Waals surface area contributed by atoms with Crippen LogP contribution in [0, 0.1) is 34.5 Å². The van der Waals surface area contributed by atoms with Crippen molar-refractivity contribution < 1.29 is 19.4 Å². The van der Waals surface area contributed by atoms with Gasteiger partial charge in [0.15, 0.2) is 12.2 Å². The van der Waals surface area contributed by atoms with Gasteiger partial charge in [-0.15, -0.1) is 0 Å². The molecule has 1 aromatic rings. The highest BCUT2D eigenvalue weighted by atomic mass is 16.4. The fourth-order valence-corrected chi connectivity index (χ4v) is 8.12. The summed E-state index contributed by atoms with van der Waals surface area (Å²) in [6.45, 7) is 7.07. The number of carbonyl (C=O) groups is 1. The molecule has 2 N–H and O–H groups in total. The van der Waals surface area contributed by atoms with E-state index in [2.05, 4.69) is 31.8 Å². The molecule has 0 saturated heterocycles. The Balaban J connectivity index is 1.59. The number of aliphatic carboxylic acids is 1. The van der Waals surface area contributed by atoms with Crippen LogP contribution in [0.5, 0.6) is 0 Å². The molecule has 2 fully saturated rings. The summed E-state index contributed by atoms with van der Waals surface area (Å²) in [4.78, 5) is 15.9. The average molecular weight is 426 g/mol. The first-order valence-corrected chi connectivity index (χ1v) is 12.0. The summed E-state index contributed by atoms with van der Waals surface area (Å²) >= 11 is 0. The number of allylic oxidation sites excluding steroid dienone is 2. The van der Waals surface area contributed by atoms with Gasteiger partial charge in [-0.2, -0.15) is 0 Å². The number of aliphatic hydroxyl groups excluding tert-OH is 1. The summed E-state index contributed by atoms with van der Waals surface area (Å²) in [5.74, 6) is 2.04. The van der Waals surface area contributed by atoms with Gasteiger partial charge in [-0.05, 0) is 79.4 Å². The molecule has 0 amide bonds. The van der Waals surface area contributed by atoms with Gasteiger partial charge in [-0.25, -0.2) is 4.98 Å². The van der Waals surface area contributed by atoms with Crippen LogP contribution >= 0.6 is 0 Å². The molecule has 1 heterocycles. The zero-order valence-corrected chi connectivity index (χ0v) is 18.9. The molecule has 4 aliphatic rings. The first-order valence-electron chi connectivity index (χ1n) is 12.0. The number of oxazole rings is 1. The van der Waals surface area contributed by atoms with Crippen molar-refractivity contribution in [1.29, 1.82) is 0 Å². The first-order chi connectivity index (χ1) is 14.8. The fourth-order valence-electron chi connectivity index (χ4n) is 8.12. The number of hydrogen-bond donors (Lipinski definition) is 2. The average Bonchev–Trinajstić information content (AvgIpc) is 3.32. The lowest BCUT2D eigenvalue weighted by Gasteiger charge is -2.59. The van der Waals surface area contributed by atoms with Crippen LogP contribution < -0.4 is 0 Å². The highest BCUT2D eigenvalue weighted by Gasteiger charge is 2.60. The minimum absolute atomic E-state index is 0.0746. The predicted octanol–water partition coefficient (Wildman–Crippen LogP) is 5.47. The zero-order chi connectivity index (χ0) is 22.0. The smallest absolute Gasteiger partial charge is 0.307 e. The van der Waals surface area contributed by atoms with Gasteiger partial charge in [-0.1, -0.05) is 38.0 Å². The minimum Gasteiger partial charge on any atom is -0.481 e. The standard InChI is InChI=1S/C26H35NO4/c1-4-15-9-17-12-18(28)5-7-25(17,2)19-6-8-26(3)20(23(15)19)10-16(11-22(29)30)24(26)21-13-27-14-31-21/h9,13-15,18-20,23,28H,4-8,10-12H2,1-3H3,(H,29,30)/t15-,18-,19-,20-,23+,25-,26-/m0/s1. The van der Waals surface area contributed by atoms with Crippen LogP contribution in [0.1, 0.15) is 77.9 Å². The van der Waals surface area contributed by atoms with E-state index < -0.39 is 5.97 Å². The third-order valence-corrected chi connectivity index (χ3v) is 9.54. The maximum absolute atomic E-state index is 11.7. The van der Waals surface area contributed by atoms with Crippen molar-refractivity contribution in [2.24, 2.45) is 34.5 Å². The van der Waals surface area contributed by atoms with Crippen molar-refractivity contribution in [1.82, 2.24) is 4.98 Å². The third kappa shape index (κ3) is 3.06. The SMILES string of the molecule is CC[C@H]1C=C2C[C@@H](O)CC[C@]2(C)[C@H]2CC[C@]3(C)C(c4cnco4)=C(CC(=O)O)C[C@H]3[C@H]12. The number of carboxylic acids is 1. The van der Waals surface area contributed by atoms with Crippen molar-refractivity contribution in [3.63, 3.8) is 0 Å². The van der Waals surface area contributed by atoms with Crippen molar-refractivity contribution in [3.05, 3.63) is 35.6 Å². The Morgan fingerprint density at radius 2 is 1.97 bits per heavy atom. The normalized spacial score (nSPS) is 41.9. The molecule has 0 spiro atoms. The third-order valence-electron chi connectivity index (χ3n) is 9.54. The number of nitrogens with zero attached hydrogens (tertiary/aromatic N) is 1. The lowest BCUT2D eigenvalue weighted by atomic mass is 9.45.